The summed E-state index contributed by atoms with van der Waals surface area (Å²) in [5, 5.41) is 0. The minimum Gasteiger partial charge on any atom is -0.497 e. The van der Waals surface area contributed by atoms with E-state index in [4.69, 9.17) is 18.9 Å². The van der Waals surface area contributed by atoms with Crippen LogP contribution in [0.15, 0.2) is 72.8 Å². The Morgan fingerprint density at radius 1 is 0.694 bits per heavy atom. The van der Waals surface area contributed by atoms with Gasteiger partial charge in [0.05, 0.1) is 21.3 Å². The fourth-order valence-electron chi connectivity index (χ4n) is 4.44. The Balaban J connectivity index is 1.68. The van der Waals surface area contributed by atoms with Gasteiger partial charge in [-0.3, -0.25) is 0 Å². The zero-order valence-electron chi connectivity index (χ0n) is 20.5. The van der Waals surface area contributed by atoms with E-state index in [2.05, 4.69) is 71.1 Å². The van der Waals surface area contributed by atoms with Crippen LogP contribution in [-0.2, 0) is 12.8 Å². The zero-order chi connectivity index (χ0) is 25.1. The fraction of sp³-hybridized carbons (Fsp3) is 0.161. The van der Waals surface area contributed by atoms with Gasteiger partial charge in [0.15, 0.2) is 11.5 Å². The van der Waals surface area contributed by atoms with E-state index >= 15 is 0 Å². The third-order valence-electron chi connectivity index (χ3n) is 6.40. The van der Waals surface area contributed by atoms with Crippen LogP contribution in [0.3, 0.4) is 0 Å². The number of rotatable bonds is 3. The molecule has 0 saturated carbocycles. The van der Waals surface area contributed by atoms with E-state index in [0.29, 0.717) is 11.5 Å². The Morgan fingerprint density at radius 2 is 1.50 bits per heavy atom. The summed E-state index contributed by atoms with van der Waals surface area (Å²) >= 11 is 2.40. The molecule has 0 aromatic heterocycles. The van der Waals surface area contributed by atoms with Crippen LogP contribution >= 0.6 is 22.6 Å². The Kier molecular flexibility index (Phi) is 7.18. The van der Waals surface area contributed by atoms with E-state index in [1.54, 1.807) is 21.3 Å². The van der Waals surface area contributed by atoms with Gasteiger partial charge < -0.3 is 18.9 Å². The molecule has 0 aliphatic carbocycles. The number of methoxy groups -OCH3 is 3. The summed E-state index contributed by atoms with van der Waals surface area (Å²) in [7, 11) is 5.09. The van der Waals surface area contributed by atoms with Crippen LogP contribution in [0.4, 0.5) is 0 Å². The van der Waals surface area contributed by atoms with Crippen LogP contribution in [0.5, 0.6) is 28.7 Å². The zero-order valence-corrected chi connectivity index (χ0v) is 22.7. The molecule has 0 unspecified atom stereocenters. The molecular formula is C31H27IO4. The first-order valence-corrected chi connectivity index (χ1v) is 12.8. The molecule has 4 aliphatic heterocycles. The second kappa shape index (κ2) is 10.7. The van der Waals surface area contributed by atoms with Crippen LogP contribution in [0.1, 0.15) is 22.3 Å². The molecule has 8 rings (SSSR count). The Hall–Kier alpha value is -3.45. The van der Waals surface area contributed by atoms with Crippen molar-refractivity contribution in [1.29, 1.82) is 0 Å². The molecule has 4 aromatic rings. The van der Waals surface area contributed by atoms with Gasteiger partial charge in [0.1, 0.15) is 17.2 Å². The van der Waals surface area contributed by atoms with E-state index in [1.807, 2.05) is 36.4 Å². The lowest BCUT2D eigenvalue weighted by Gasteiger charge is -2.17. The smallest absolute Gasteiger partial charge is 0.169 e. The highest BCUT2D eigenvalue weighted by Gasteiger charge is 2.15. The third kappa shape index (κ3) is 5.07. The average molecular weight is 590 g/mol. The second-order valence-electron chi connectivity index (χ2n) is 8.59. The van der Waals surface area contributed by atoms with Crippen molar-refractivity contribution in [2.75, 3.05) is 21.3 Å². The first-order chi connectivity index (χ1) is 17.6. The normalized spacial score (nSPS) is 13.2. The quantitative estimate of drug-likeness (QED) is 0.227. The highest BCUT2D eigenvalue weighted by molar-refractivity contribution is 14.1. The van der Waals surface area contributed by atoms with Gasteiger partial charge >= 0.3 is 0 Å². The second-order valence-corrected chi connectivity index (χ2v) is 9.75. The summed E-state index contributed by atoms with van der Waals surface area (Å²) in [6.45, 7) is 0. The van der Waals surface area contributed by atoms with Gasteiger partial charge in [0.25, 0.3) is 0 Å². The van der Waals surface area contributed by atoms with Gasteiger partial charge in [-0.25, -0.2) is 0 Å². The number of benzene rings is 4. The molecule has 0 fully saturated rings. The van der Waals surface area contributed by atoms with E-state index in [0.717, 1.165) is 55.9 Å². The maximum atomic E-state index is 6.21. The molecule has 4 aromatic carbocycles. The van der Waals surface area contributed by atoms with Crippen molar-refractivity contribution < 1.29 is 18.9 Å². The SMILES string of the molecule is COc1ccc2c(c1)CCc1ccc(cc1)Oc1cc(ccc1OC)/C=C\c1cc(OC)c-2cc1I. The van der Waals surface area contributed by atoms with Crippen LogP contribution in [0.25, 0.3) is 23.3 Å². The molecule has 0 saturated heterocycles. The topological polar surface area (TPSA) is 36.9 Å². The predicted molar refractivity (Wildman–Crippen MR) is 154 cm³/mol. The summed E-state index contributed by atoms with van der Waals surface area (Å²) < 4.78 is 24.3. The lowest BCUT2D eigenvalue weighted by Crippen LogP contribution is -1.99. The van der Waals surface area contributed by atoms with Crippen LogP contribution in [-0.4, -0.2) is 21.3 Å². The van der Waals surface area contributed by atoms with E-state index in [9.17, 15) is 0 Å². The molecule has 6 bridgehead atoms. The van der Waals surface area contributed by atoms with E-state index < -0.39 is 0 Å². The van der Waals surface area contributed by atoms with Gasteiger partial charge in [0, 0.05) is 9.13 Å². The van der Waals surface area contributed by atoms with Gasteiger partial charge in [-0.1, -0.05) is 36.4 Å². The summed E-state index contributed by atoms with van der Waals surface area (Å²) in [4.78, 5) is 0. The molecule has 4 heterocycles. The van der Waals surface area contributed by atoms with Crippen molar-refractivity contribution in [2.45, 2.75) is 12.8 Å². The summed E-state index contributed by atoms with van der Waals surface area (Å²) in [6.07, 6.45) is 5.93. The van der Waals surface area contributed by atoms with Crippen molar-refractivity contribution in [3.05, 3.63) is 98.6 Å². The Bertz CT molecular complexity index is 1420. The van der Waals surface area contributed by atoms with Crippen molar-refractivity contribution in [3.63, 3.8) is 0 Å². The van der Waals surface area contributed by atoms with Gasteiger partial charge in [-0.2, -0.15) is 0 Å². The largest absolute Gasteiger partial charge is 0.497 e. The number of hydrogen-bond acceptors (Lipinski definition) is 4. The summed E-state index contributed by atoms with van der Waals surface area (Å²) in [5.41, 5.74) is 6.78. The van der Waals surface area contributed by atoms with Crippen LogP contribution in [0.2, 0.25) is 0 Å². The molecule has 36 heavy (non-hydrogen) atoms. The highest BCUT2D eigenvalue weighted by atomic mass is 127. The summed E-state index contributed by atoms with van der Waals surface area (Å²) in [5.74, 6) is 3.83. The van der Waals surface area contributed by atoms with Crippen molar-refractivity contribution in [1.82, 2.24) is 0 Å². The van der Waals surface area contributed by atoms with Gasteiger partial charge in [0.2, 0.25) is 0 Å². The molecule has 0 spiro atoms. The predicted octanol–water partition coefficient (Wildman–Crippen LogP) is 8.05. The minimum absolute atomic E-state index is 0.678. The number of aryl methyl sites for hydroxylation is 2. The maximum absolute atomic E-state index is 6.21. The van der Waals surface area contributed by atoms with Gasteiger partial charge in [-0.05, 0) is 112 Å². The summed E-state index contributed by atoms with van der Waals surface area (Å²) in [6, 6.07) is 24.8. The van der Waals surface area contributed by atoms with E-state index in [-0.39, 0.29) is 0 Å². The minimum atomic E-state index is 0.678. The Morgan fingerprint density at radius 3 is 2.25 bits per heavy atom. The molecule has 0 radical (unpaired) electrons. The maximum Gasteiger partial charge on any atom is 0.169 e. The standard InChI is InChI=1S/C31H27IO4/c1-33-25-13-14-26-22(17-25)9-4-20-6-11-24(12-7-20)36-31-16-21(8-15-29(31)34-2)5-10-23-18-30(35-3)27(26)19-28(23)32/h5-8,10-19H,4,9H2,1-3H3/b10-5-. The van der Waals surface area contributed by atoms with Crippen molar-refractivity contribution in [3.8, 4) is 39.9 Å². The lowest BCUT2D eigenvalue weighted by atomic mass is 9.93. The van der Waals surface area contributed by atoms with Crippen LogP contribution in [0, 0.1) is 3.57 Å². The van der Waals surface area contributed by atoms with Gasteiger partial charge in [-0.15, -0.1) is 0 Å². The first-order valence-electron chi connectivity index (χ1n) is 11.8. The number of halogens is 1. The first kappa shape index (κ1) is 24.3. The molecule has 0 N–H and O–H groups in total. The van der Waals surface area contributed by atoms with Crippen LogP contribution < -0.4 is 18.9 Å². The number of hydrogen-bond donors (Lipinski definition) is 0. The molecule has 0 atom stereocenters. The monoisotopic (exact) mass is 590 g/mol. The molecule has 4 aliphatic rings. The third-order valence-corrected chi connectivity index (χ3v) is 7.33. The van der Waals surface area contributed by atoms with Crippen molar-refractivity contribution in [2.24, 2.45) is 0 Å². The van der Waals surface area contributed by atoms with E-state index in [1.165, 1.54) is 11.1 Å². The molecule has 0 amide bonds. The highest BCUT2D eigenvalue weighted by Crippen LogP contribution is 2.39. The Labute approximate surface area is 225 Å². The number of ether oxygens (including phenoxy) is 4. The average Bonchev–Trinajstić information content (AvgIpc) is 2.91. The fourth-order valence-corrected chi connectivity index (χ4v) is 5.08. The lowest BCUT2D eigenvalue weighted by molar-refractivity contribution is 0.379. The molecular weight excluding hydrogens is 563 g/mol. The molecule has 4 nitrogen and oxygen atoms in total. The molecule has 182 valence electrons. The molecule has 5 heteroatoms. The van der Waals surface area contributed by atoms with Crippen molar-refractivity contribution >= 4 is 34.7 Å².